The number of aliphatic hydroxyl groups is 1. The molecule has 1 fully saturated rings. The smallest absolute Gasteiger partial charge is 0.414 e. The zero-order chi connectivity index (χ0) is 25.4. The molecule has 1 saturated carbocycles. The quantitative estimate of drug-likeness (QED) is 0.527. The highest BCUT2D eigenvalue weighted by Crippen LogP contribution is 2.42. The lowest BCUT2D eigenvalue weighted by Crippen LogP contribution is -2.42. The van der Waals surface area contributed by atoms with E-state index in [0.29, 0.717) is 12.8 Å². The number of carboxylic acid groups (broad SMARTS) is 1. The summed E-state index contributed by atoms with van der Waals surface area (Å²) >= 11 is 0. The third-order valence-corrected chi connectivity index (χ3v) is 7.96. The monoisotopic (exact) mass is 491 g/mol. The van der Waals surface area contributed by atoms with Crippen LogP contribution in [0.4, 0.5) is 10.5 Å². The van der Waals surface area contributed by atoms with Crippen molar-refractivity contribution in [2.45, 2.75) is 63.5 Å². The van der Waals surface area contributed by atoms with Gasteiger partial charge < -0.3 is 19.5 Å². The first-order valence-corrected chi connectivity index (χ1v) is 12.7. The molecule has 2 N–H and O–H groups in total. The molecule has 36 heavy (non-hydrogen) atoms. The first kappa shape index (κ1) is 24.3. The number of nitrogens with zero attached hydrogens (tertiary/aromatic N) is 3. The largest absolute Gasteiger partial charge is 0.481 e. The Labute approximate surface area is 210 Å². The molecule has 190 valence electrons. The van der Waals surface area contributed by atoms with Gasteiger partial charge in [-0.1, -0.05) is 30.3 Å². The highest BCUT2D eigenvalue weighted by molar-refractivity contribution is 5.95. The lowest BCUT2D eigenvalue weighted by Gasteiger charge is -2.34. The highest BCUT2D eigenvalue weighted by Gasteiger charge is 2.35. The summed E-state index contributed by atoms with van der Waals surface area (Å²) in [4.78, 5) is 31.0. The number of rotatable bonds is 5. The van der Waals surface area contributed by atoms with Gasteiger partial charge in [0.15, 0.2) is 0 Å². The second-order valence-corrected chi connectivity index (χ2v) is 9.99. The number of aryl methyl sites for hydroxylation is 1. The summed E-state index contributed by atoms with van der Waals surface area (Å²) in [5.74, 6) is -0.572. The second-order valence-electron chi connectivity index (χ2n) is 9.99. The van der Waals surface area contributed by atoms with Gasteiger partial charge in [-0.15, -0.1) is 0 Å². The van der Waals surface area contributed by atoms with E-state index in [1.165, 1.54) is 7.11 Å². The molecule has 1 amide bonds. The number of amides is 1. The van der Waals surface area contributed by atoms with Crippen molar-refractivity contribution in [3.63, 3.8) is 0 Å². The zero-order valence-corrected chi connectivity index (χ0v) is 20.8. The van der Waals surface area contributed by atoms with E-state index in [1.807, 2.05) is 49.4 Å². The van der Waals surface area contributed by atoms with Crippen LogP contribution in [0, 0.1) is 5.92 Å². The van der Waals surface area contributed by atoms with Crippen molar-refractivity contribution < 1.29 is 24.5 Å². The minimum Gasteiger partial charge on any atom is -0.481 e. The third kappa shape index (κ3) is 4.13. The Morgan fingerprint density at radius 3 is 2.44 bits per heavy atom. The molecule has 2 aliphatic rings. The molecule has 0 bridgehead atoms. The van der Waals surface area contributed by atoms with Crippen LogP contribution in [0.1, 0.15) is 67.9 Å². The van der Waals surface area contributed by atoms with Gasteiger partial charge in [-0.05, 0) is 63.1 Å². The average molecular weight is 492 g/mol. The molecule has 1 aromatic heterocycles. The van der Waals surface area contributed by atoms with Crippen molar-refractivity contribution in [3.05, 3.63) is 59.4 Å². The molecule has 3 aromatic rings. The molecule has 0 radical (unpaired) electrons. The minimum absolute atomic E-state index is 0.0183. The molecule has 1 aliphatic carbocycles. The van der Waals surface area contributed by atoms with E-state index in [1.54, 1.807) is 4.90 Å². The van der Waals surface area contributed by atoms with Crippen LogP contribution >= 0.6 is 0 Å². The Kier molecular flexibility index (Phi) is 6.71. The molecule has 0 saturated heterocycles. The molecular weight excluding hydrogens is 458 g/mol. The van der Waals surface area contributed by atoms with Crippen LogP contribution in [0.15, 0.2) is 42.5 Å². The fourth-order valence-electron chi connectivity index (χ4n) is 6.02. The number of carboxylic acids is 1. The van der Waals surface area contributed by atoms with Crippen LogP contribution in [0.25, 0.3) is 11.0 Å². The predicted molar refractivity (Wildman–Crippen MR) is 136 cm³/mol. The molecule has 2 aromatic carbocycles. The lowest BCUT2D eigenvalue weighted by molar-refractivity contribution is -0.143. The molecule has 2 atom stereocenters. The van der Waals surface area contributed by atoms with Crippen molar-refractivity contribution >= 4 is 28.8 Å². The van der Waals surface area contributed by atoms with Crippen molar-refractivity contribution in [1.82, 2.24) is 9.55 Å². The van der Waals surface area contributed by atoms with Gasteiger partial charge in [0.25, 0.3) is 0 Å². The van der Waals surface area contributed by atoms with Gasteiger partial charge in [0.1, 0.15) is 5.82 Å². The summed E-state index contributed by atoms with van der Waals surface area (Å²) in [6, 6.07) is 14.0. The van der Waals surface area contributed by atoms with E-state index in [4.69, 9.17) is 9.72 Å². The SMILES string of the molecule is COC(=O)N1c2ccc3c(nc([C@H](CO)c4ccccc4)n3C3CCC(C(=O)O)CC3)c2CCC1C. The molecular formula is C28H33N3O5. The van der Waals surface area contributed by atoms with Gasteiger partial charge in [-0.3, -0.25) is 9.69 Å². The van der Waals surface area contributed by atoms with Crippen LogP contribution < -0.4 is 4.90 Å². The number of benzene rings is 2. The topological polar surface area (TPSA) is 105 Å². The molecule has 5 rings (SSSR count). The molecule has 0 spiro atoms. The second kappa shape index (κ2) is 9.93. The van der Waals surface area contributed by atoms with Gasteiger partial charge in [-0.2, -0.15) is 0 Å². The van der Waals surface area contributed by atoms with Gasteiger partial charge in [0.2, 0.25) is 0 Å². The number of ether oxygens (including phenoxy) is 1. The van der Waals surface area contributed by atoms with E-state index in [9.17, 15) is 19.8 Å². The normalized spacial score (nSPS) is 22.8. The summed E-state index contributed by atoms with van der Waals surface area (Å²) in [6.45, 7) is 1.93. The van der Waals surface area contributed by atoms with Crippen molar-refractivity contribution in [3.8, 4) is 0 Å². The highest BCUT2D eigenvalue weighted by atomic mass is 16.5. The molecule has 1 unspecified atom stereocenters. The van der Waals surface area contributed by atoms with Crippen LogP contribution in [0.3, 0.4) is 0 Å². The maximum absolute atomic E-state index is 12.6. The lowest BCUT2D eigenvalue weighted by atomic mass is 9.85. The Hall–Kier alpha value is -3.39. The summed E-state index contributed by atoms with van der Waals surface area (Å²) < 4.78 is 7.31. The number of methoxy groups -OCH3 is 1. The Morgan fingerprint density at radius 2 is 1.81 bits per heavy atom. The summed E-state index contributed by atoms with van der Waals surface area (Å²) in [5.41, 5.74) is 4.63. The molecule has 8 nitrogen and oxygen atoms in total. The van der Waals surface area contributed by atoms with E-state index in [-0.39, 0.29) is 36.6 Å². The maximum atomic E-state index is 12.6. The number of aliphatic carboxylic acids is 1. The Bertz CT molecular complexity index is 1260. The Balaban J connectivity index is 1.67. The van der Waals surface area contributed by atoms with E-state index in [2.05, 4.69) is 4.57 Å². The Morgan fingerprint density at radius 1 is 1.08 bits per heavy atom. The van der Waals surface area contributed by atoms with E-state index >= 15 is 0 Å². The van der Waals surface area contributed by atoms with Crippen molar-refractivity contribution in [2.24, 2.45) is 5.92 Å². The number of anilines is 1. The van der Waals surface area contributed by atoms with Crippen LogP contribution in [-0.4, -0.2) is 51.6 Å². The van der Waals surface area contributed by atoms with E-state index in [0.717, 1.165) is 59.4 Å². The van der Waals surface area contributed by atoms with Crippen LogP contribution in [0.2, 0.25) is 0 Å². The predicted octanol–water partition coefficient (Wildman–Crippen LogP) is 4.88. The summed E-state index contributed by atoms with van der Waals surface area (Å²) in [6.07, 6.45) is 3.93. The first-order chi connectivity index (χ1) is 17.4. The van der Waals surface area contributed by atoms with Crippen LogP contribution in [0.5, 0.6) is 0 Å². The summed E-state index contributed by atoms with van der Waals surface area (Å²) in [5, 5.41) is 20.0. The van der Waals surface area contributed by atoms with E-state index < -0.39 is 5.97 Å². The molecule has 2 heterocycles. The van der Waals surface area contributed by atoms with Crippen LogP contribution in [-0.2, 0) is 16.0 Å². The maximum Gasteiger partial charge on any atom is 0.414 e. The van der Waals surface area contributed by atoms with Gasteiger partial charge in [0, 0.05) is 17.6 Å². The van der Waals surface area contributed by atoms with Crippen molar-refractivity contribution in [1.29, 1.82) is 0 Å². The third-order valence-electron chi connectivity index (χ3n) is 7.96. The first-order valence-electron chi connectivity index (χ1n) is 12.7. The number of carbonyl (C=O) groups is 2. The fourth-order valence-corrected chi connectivity index (χ4v) is 6.02. The minimum atomic E-state index is -0.729. The standard InChI is InChI=1S/C28H33N3O5/c1-17-8-13-21-23(30(17)28(35)36-2)14-15-24-25(21)29-26(22(16-32)18-6-4-3-5-7-18)31(24)20-11-9-19(10-12-20)27(33)34/h3-7,14-15,17,19-20,22,32H,8-13,16H2,1-2H3,(H,33,34)/t17?,19?,20?,22-/m1/s1. The number of aliphatic hydroxyl groups excluding tert-OH is 1. The molecule has 1 aliphatic heterocycles. The molecule has 8 heteroatoms. The summed E-state index contributed by atoms with van der Waals surface area (Å²) in [7, 11) is 1.40. The van der Waals surface area contributed by atoms with Crippen molar-refractivity contribution in [2.75, 3.05) is 18.6 Å². The number of hydrogen-bond donors (Lipinski definition) is 2. The zero-order valence-electron chi connectivity index (χ0n) is 20.8. The van der Waals surface area contributed by atoms with Gasteiger partial charge in [-0.25, -0.2) is 9.78 Å². The number of aromatic nitrogens is 2. The fraction of sp³-hybridized carbons (Fsp3) is 0.464. The van der Waals surface area contributed by atoms with Gasteiger partial charge in [0.05, 0.1) is 42.3 Å². The number of carbonyl (C=O) groups excluding carboxylic acids is 1. The number of imidazole rings is 1. The number of fused-ring (bicyclic) bond motifs is 3. The average Bonchev–Trinajstić information content (AvgIpc) is 3.28. The number of hydrogen-bond acceptors (Lipinski definition) is 5. The van der Waals surface area contributed by atoms with Gasteiger partial charge >= 0.3 is 12.1 Å².